The van der Waals surface area contributed by atoms with Crippen molar-refractivity contribution in [3.63, 3.8) is 0 Å². The topological polar surface area (TPSA) is 25.8 Å². The summed E-state index contributed by atoms with van der Waals surface area (Å²) in [5.41, 5.74) is 2.57. The van der Waals surface area contributed by atoms with Crippen LogP contribution in [-0.4, -0.2) is 18.7 Å². The van der Waals surface area contributed by atoms with Crippen molar-refractivity contribution in [3.05, 3.63) is 28.3 Å². The van der Waals surface area contributed by atoms with E-state index >= 15 is 0 Å². The lowest BCUT2D eigenvalue weighted by Gasteiger charge is -2.17. The predicted molar refractivity (Wildman–Crippen MR) is 77.6 cm³/mol. The van der Waals surface area contributed by atoms with Gasteiger partial charge in [0.05, 0.1) is 23.7 Å². The fourth-order valence-electron chi connectivity index (χ4n) is 1.88. The molecule has 0 saturated heterocycles. The minimum Gasteiger partial charge on any atom is -0.492 e. The van der Waals surface area contributed by atoms with E-state index in [-0.39, 0.29) is 5.54 Å². The van der Waals surface area contributed by atoms with E-state index in [1.165, 1.54) is 5.56 Å². The third-order valence-electron chi connectivity index (χ3n) is 2.73. The van der Waals surface area contributed by atoms with Gasteiger partial charge in [-0.05, 0) is 51.8 Å². The maximum absolute atomic E-state index is 6.19. The van der Waals surface area contributed by atoms with Crippen LogP contribution >= 0.6 is 11.6 Å². The molecule has 0 saturated carbocycles. The number of ether oxygens (including phenoxy) is 1. The van der Waals surface area contributed by atoms with Gasteiger partial charge in [-0.1, -0.05) is 17.7 Å². The second-order valence-corrected chi connectivity index (χ2v) is 6.36. The number of aryl methyl sites for hydroxylation is 2. The molecule has 0 aliphatic carbocycles. The highest BCUT2D eigenvalue weighted by atomic mass is 35.5. The molecule has 0 aliphatic rings. The van der Waals surface area contributed by atoms with Gasteiger partial charge in [-0.3, -0.25) is 0 Å². The molecular formula is C15H25ClNO+. The summed E-state index contributed by atoms with van der Waals surface area (Å²) in [5, 5.41) is 3.05. The maximum Gasteiger partial charge on any atom is 0.140 e. The summed E-state index contributed by atoms with van der Waals surface area (Å²) >= 11 is 6.19. The van der Waals surface area contributed by atoms with Crippen LogP contribution in [0.15, 0.2) is 12.1 Å². The van der Waals surface area contributed by atoms with Gasteiger partial charge >= 0.3 is 0 Å². The SMILES string of the molecule is Cc1cc(C)c(OCCC[NH2+]C(C)(C)C)c(Cl)c1. The van der Waals surface area contributed by atoms with Crippen molar-refractivity contribution in [3.8, 4) is 5.75 Å². The maximum atomic E-state index is 6.19. The zero-order valence-corrected chi connectivity index (χ0v) is 12.9. The van der Waals surface area contributed by atoms with E-state index in [9.17, 15) is 0 Å². The largest absolute Gasteiger partial charge is 0.492 e. The molecule has 0 aromatic heterocycles. The van der Waals surface area contributed by atoms with E-state index in [4.69, 9.17) is 16.3 Å². The number of nitrogens with two attached hydrogens (primary N) is 1. The molecule has 2 nitrogen and oxygen atoms in total. The van der Waals surface area contributed by atoms with Crippen molar-refractivity contribution >= 4 is 11.6 Å². The minimum atomic E-state index is 0.289. The monoisotopic (exact) mass is 270 g/mol. The fourth-order valence-corrected chi connectivity index (χ4v) is 2.25. The standard InChI is InChI=1S/C15H24ClNO/c1-11-9-12(2)14(13(16)10-11)18-8-6-7-17-15(3,4)5/h9-10,17H,6-8H2,1-5H3/p+1. The quantitative estimate of drug-likeness (QED) is 0.818. The molecule has 18 heavy (non-hydrogen) atoms. The average Bonchev–Trinajstić information content (AvgIpc) is 2.19. The van der Waals surface area contributed by atoms with Crippen LogP contribution in [0.2, 0.25) is 5.02 Å². The summed E-state index contributed by atoms with van der Waals surface area (Å²) in [6, 6.07) is 4.05. The van der Waals surface area contributed by atoms with Gasteiger partial charge < -0.3 is 10.1 Å². The van der Waals surface area contributed by atoms with E-state index in [1.54, 1.807) is 0 Å². The number of halogens is 1. The van der Waals surface area contributed by atoms with E-state index in [0.717, 1.165) is 30.9 Å². The smallest absolute Gasteiger partial charge is 0.140 e. The molecule has 0 fully saturated rings. The molecule has 1 rings (SSSR count). The Morgan fingerprint density at radius 1 is 1.22 bits per heavy atom. The molecule has 1 aromatic carbocycles. The van der Waals surface area contributed by atoms with Gasteiger partial charge in [0, 0.05) is 6.42 Å². The Bertz CT molecular complexity index is 373. The Morgan fingerprint density at radius 3 is 2.44 bits per heavy atom. The van der Waals surface area contributed by atoms with Crippen LogP contribution < -0.4 is 10.1 Å². The zero-order valence-electron chi connectivity index (χ0n) is 12.1. The Labute approximate surface area is 116 Å². The molecule has 2 N–H and O–H groups in total. The Hall–Kier alpha value is -0.730. The molecule has 0 aliphatic heterocycles. The van der Waals surface area contributed by atoms with E-state index in [1.807, 2.05) is 19.9 Å². The molecule has 0 unspecified atom stereocenters. The van der Waals surface area contributed by atoms with Crippen LogP contribution in [0.3, 0.4) is 0 Å². The molecule has 0 atom stereocenters. The predicted octanol–water partition coefficient (Wildman–Crippen LogP) is 3.09. The van der Waals surface area contributed by atoms with Crippen molar-refractivity contribution in [1.29, 1.82) is 0 Å². The third-order valence-corrected chi connectivity index (χ3v) is 3.01. The van der Waals surface area contributed by atoms with Crippen LogP contribution in [0.5, 0.6) is 5.75 Å². The molecule has 0 bridgehead atoms. The zero-order chi connectivity index (χ0) is 13.8. The normalized spacial score (nSPS) is 11.7. The lowest BCUT2D eigenvalue weighted by atomic mass is 10.1. The molecule has 102 valence electrons. The van der Waals surface area contributed by atoms with Crippen molar-refractivity contribution in [2.24, 2.45) is 0 Å². The van der Waals surface area contributed by atoms with Crippen LogP contribution in [0.25, 0.3) is 0 Å². The summed E-state index contributed by atoms with van der Waals surface area (Å²) < 4.78 is 5.79. The van der Waals surface area contributed by atoms with Crippen LogP contribution in [-0.2, 0) is 0 Å². The minimum absolute atomic E-state index is 0.289. The first kappa shape index (κ1) is 15.3. The highest BCUT2D eigenvalue weighted by molar-refractivity contribution is 6.32. The van der Waals surface area contributed by atoms with Gasteiger partial charge in [-0.15, -0.1) is 0 Å². The molecule has 1 aromatic rings. The van der Waals surface area contributed by atoms with Gasteiger partial charge in [0.15, 0.2) is 0 Å². The first-order valence-electron chi connectivity index (χ1n) is 6.53. The summed E-state index contributed by atoms with van der Waals surface area (Å²) in [7, 11) is 0. The first-order valence-corrected chi connectivity index (χ1v) is 6.91. The molecular weight excluding hydrogens is 246 g/mol. The van der Waals surface area contributed by atoms with Crippen molar-refractivity contribution < 1.29 is 10.1 Å². The number of benzene rings is 1. The summed E-state index contributed by atoms with van der Waals surface area (Å²) in [6.45, 7) is 12.5. The molecule has 0 amide bonds. The fraction of sp³-hybridized carbons (Fsp3) is 0.600. The number of quaternary nitrogens is 1. The van der Waals surface area contributed by atoms with Gasteiger partial charge in [-0.2, -0.15) is 0 Å². The number of hydrogen-bond acceptors (Lipinski definition) is 1. The van der Waals surface area contributed by atoms with E-state index in [2.05, 4.69) is 32.2 Å². The van der Waals surface area contributed by atoms with Crippen LogP contribution in [0.1, 0.15) is 38.3 Å². The van der Waals surface area contributed by atoms with E-state index in [0.29, 0.717) is 5.02 Å². The number of rotatable bonds is 5. The summed E-state index contributed by atoms with van der Waals surface area (Å²) in [5.74, 6) is 0.832. The van der Waals surface area contributed by atoms with Crippen LogP contribution in [0, 0.1) is 13.8 Å². The van der Waals surface area contributed by atoms with Gasteiger partial charge in [0.1, 0.15) is 5.75 Å². The molecule has 0 heterocycles. The first-order chi connectivity index (χ1) is 8.29. The Kier molecular flexibility index (Phi) is 5.48. The van der Waals surface area contributed by atoms with Crippen molar-refractivity contribution in [1.82, 2.24) is 0 Å². The summed E-state index contributed by atoms with van der Waals surface area (Å²) in [4.78, 5) is 0. The van der Waals surface area contributed by atoms with Crippen molar-refractivity contribution in [2.45, 2.75) is 46.6 Å². The third kappa shape index (κ3) is 5.28. The second kappa shape index (κ2) is 6.44. The Morgan fingerprint density at radius 2 is 1.89 bits per heavy atom. The Balaban J connectivity index is 2.41. The lowest BCUT2D eigenvalue weighted by Crippen LogP contribution is -2.94. The second-order valence-electron chi connectivity index (χ2n) is 5.95. The molecule has 0 spiro atoms. The molecule has 3 heteroatoms. The van der Waals surface area contributed by atoms with Crippen molar-refractivity contribution in [2.75, 3.05) is 13.2 Å². The highest BCUT2D eigenvalue weighted by Gasteiger charge is 2.12. The summed E-state index contributed by atoms with van der Waals surface area (Å²) in [6.07, 6.45) is 1.03. The van der Waals surface area contributed by atoms with Gasteiger partial charge in [0.2, 0.25) is 0 Å². The number of hydrogen-bond donors (Lipinski definition) is 1. The lowest BCUT2D eigenvalue weighted by molar-refractivity contribution is -0.717. The highest BCUT2D eigenvalue weighted by Crippen LogP contribution is 2.29. The average molecular weight is 271 g/mol. The van der Waals surface area contributed by atoms with E-state index < -0.39 is 0 Å². The molecule has 0 radical (unpaired) electrons. The van der Waals surface area contributed by atoms with Gasteiger partial charge in [-0.25, -0.2) is 0 Å². The van der Waals surface area contributed by atoms with Crippen LogP contribution in [0.4, 0.5) is 0 Å². The van der Waals surface area contributed by atoms with Gasteiger partial charge in [0.25, 0.3) is 0 Å².